The Balaban J connectivity index is 2.04. The molecule has 0 saturated heterocycles. The molecular weight excluding hydrogens is 220 g/mol. The molecule has 0 aliphatic heterocycles. The predicted octanol–water partition coefficient (Wildman–Crippen LogP) is 2.07. The molecule has 5 heteroatoms. The summed E-state index contributed by atoms with van der Waals surface area (Å²) in [7, 11) is 1.55. The Morgan fingerprint density at radius 3 is 2.88 bits per heavy atom. The van der Waals surface area contributed by atoms with Crippen LogP contribution in [0.25, 0.3) is 0 Å². The van der Waals surface area contributed by atoms with Crippen molar-refractivity contribution < 1.29 is 14.1 Å². The highest BCUT2D eigenvalue weighted by atomic mass is 16.5. The molecular formula is C12H12N2O3. The molecule has 0 unspecified atom stereocenters. The summed E-state index contributed by atoms with van der Waals surface area (Å²) < 4.78 is 9.80. The molecule has 1 aromatic heterocycles. The minimum atomic E-state index is -0.303. The lowest BCUT2D eigenvalue weighted by Gasteiger charge is -2.00. The van der Waals surface area contributed by atoms with Crippen molar-refractivity contribution in [3.05, 3.63) is 47.9 Å². The van der Waals surface area contributed by atoms with Crippen molar-refractivity contribution in [2.75, 3.05) is 12.4 Å². The van der Waals surface area contributed by atoms with E-state index < -0.39 is 0 Å². The summed E-state index contributed by atoms with van der Waals surface area (Å²) in [6.45, 7) is 0.297. The average Bonchev–Trinajstić information content (AvgIpc) is 2.79. The van der Waals surface area contributed by atoms with Gasteiger partial charge in [0.2, 0.25) is 0 Å². The van der Waals surface area contributed by atoms with Crippen LogP contribution in [0.1, 0.15) is 16.2 Å². The van der Waals surface area contributed by atoms with Gasteiger partial charge in [-0.1, -0.05) is 23.4 Å². The van der Waals surface area contributed by atoms with Crippen LogP contribution in [0.3, 0.4) is 0 Å². The largest absolute Gasteiger partial charge is 0.377 e. The summed E-state index contributed by atoms with van der Waals surface area (Å²) in [4.78, 5) is 11.8. The normalized spacial score (nSPS) is 10.2. The number of carbonyl (C=O) groups excluding carboxylic acids is 1. The van der Waals surface area contributed by atoms with Crippen LogP contribution >= 0.6 is 0 Å². The van der Waals surface area contributed by atoms with Gasteiger partial charge in [0, 0.05) is 18.9 Å². The Labute approximate surface area is 98.4 Å². The van der Waals surface area contributed by atoms with Gasteiger partial charge in [-0.3, -0.25) is 4.79 Å². The SMILES string of the molecule is COCc1cc(C(=O)Nc2ccccc2)no1. The predicted molar refractivity (Wildman–Crippen MR) is 61.6 cm³/mol. The molecule has 0 atom stereocenters. The zero-order valence-electron chi connectivity index (χ0n) is 9.34. The molecule has 17 heavy (non-hydrogen) atoms. The van der Waals surface area contributed by atoms with Crippen LogP contribution in [0, 0.1) is 0 Å². The number of nitrogens with zero attached hydrogens (tertiary/aromatic N) is 1. The molecule has 2 aromatic rings. The summed E-state index contributed by atoms with van der Waals surface area (Å²) in [5, 5.41) is 6.38. The molecule has 0 bridgehead atoms. The van der Waals surface area contributed by atoms with E-state index in [1.54, 1.807) is 25.3 Å². The van der Waals surface area contributed by atoms with Crippen molar-refractivity contribution >= 4 is 11.6 Å². The maximum Gasteiger partial charge on any atom is 0.277 e. The number of ether oxygens (including phenoxy) is 1. The van der Waals surface area contributed by atoms with Gasteiger partial charge in [0.05, 0.1) is 0 Å². The number of benzene rings is 1. The monoisotopic (exact) mass is 232 g/mol. The maximum atomic E-state index is 11.8. The number of anilines is 1. The standard InChI is InChI=1S/C12H12N2O3/c1-16-8-10-7-11(14-17-10)12(15)13-9-5-3-2-4-6-9/h2-7H,8H2,1H3,(H,13,15). The molecule has 1 N–H and O–H groups in total. The first-order chi connectivity index (χ1) is 8.29. The van der Waals surface area contributed by atoms with E-state index in [1.165, 1.54) is 0 Å². The molecule has 0 aliphatic rings. The third kappa shape index (κ3) is 2.92. The van der Waals surface area contributed by atoms with Crippen molar-refractivity contribution in [1.29, 1.82) is 0 Å². The lowest BCUT2D eigenvalue weighted by Crippen LogP contribution is -2.11. The fraction of sp³-hybridized carbons (Fsp3) is 0.167. The van der Waals surface area contributed by atoms with Gasteiger partial charge in [0.15, 0.2) is 11.5 Å². The fourth-order valence-electron chi connectivity index (χ4n) is 1.35. The molecule has 0 fully saturated rings. The number of hydrogen-bond acceptors (Lipinski definition) is 4. The van der Waals surface area contributed by atoms with Gasteiger partial charge >= 0.3 is 0 Å². The van der Waals surface area contributed by atoms with Gasteiger partial charge in [0.1, 0.15) is 6.61 Å². The van der Waals surface area contributed by atoms with Crippen LogP contribution in [0.5, 0.6) is 0 Å². The summed E-state index contributed by atoms with van der Waals surface area (Å²) >= 11 is 0. The van der Waals surface area contributed by atoms with Gasteiger partial charge in [-0.05, 0) is 12.1 Å². The summed E-state index contributed by atoms with van der Waals surface area (Å²) in [6.07, 6.45) is 0. The Morgan fingerprint density at radius 2 is 2.18 bits per heavy atom. The first-order valence-corrected chi connectivity index (χ1v) is 5.10. The van der Waals surface area contributed by atoms with Crippen molar-refractivity contribution in [2.45, 2.75) is 6.61 Å². The van der Waals surface area contributed by atoms with E-state index in [0.717, 1.165) is 0 Å². The van der Waals surface area contributed by atoms with E-state index in [0.29, 0.717) is 18.1 Å². The van der Waals surface area contributed by atoms with Crippen molar-refractivity contribution in [1.82, 2.24) is 5.16 Å². The molecule has 2 rings (SSSR count). The fourth-order valence-corrected chi connectivity index (χ4v) is 1.35. The Bertz CT molecular complexity index is 493. The summed E-state index contributed by atoms with van der Waals surface area (Å²) in [6, 6.07) is 10.7. The van der Waals surface area contributed by atoms with Crippen LogP contribution in [-0.2, 0) is 11.3 Å². The van der Waals surface area contributed by atoms with Crippen molar-refractivity contribution in [3.63, 3.8) is 0 Å². The zero-order chi connectivity index (χ0) is 12.1. The number of nitrogens with one attached hydrogen (secondary N) is 1. The number of methoxy groups -OCH3 is 1. The molecule has 1 aromatic carbocycles. The molecule has 0 aliphatic carbocycles. The van der Waals surface area contributed by atoms with Crippen molar-refractivity contribution in [3.8, 4) is 0 Å². The molecule has 5 nitrogen and oxygen atoms in total. The van der Waals surface area contributed by atoms with Crippen LogP contribution in [0.15, 0.2) is 40.9 Å². The van der Waals surface area contributed by atoms with Gasteiger partial charge in [-0.25, -0.2) is 0 Å². The Hall–Kier alpha value is -2.14. The topological polar surface area (TPSA) is 64.4 Å². The number of hydrogen-bond donors (Lipinski definition) is 1. The molecule has 1 amide bonds. The number of amides is 1. The third-order valence-corrected chi connectivity index (χ3v) is 2.11. The lowest BCUT2D eigenvalue weighted by atomic mass is 10.3. The highest BCUT2D eigenvalue weighted by Crippen LogP contribution is 2.09. The van der Waals surface area contributed by atoms with Crippen molar-refractivity contribution in [2.24, 2.45) is 0 Å². The highest BCUT2D eigenvalue weighted by molar-refractivity contribution is 6.02. The summed E-state index contributed by atoms with van der Waals surface area (Å²) in [5.41, 5.74) is 0.953. The second-order valence-corrected chi connectivity index (χ2v) is 3.43. The van der Waals surface area contributed by atoms with E-state index >= 15 is 0 Å². The van der Waals surface area contributed by atoms with Crippen LogP contribution < -0.4 is 5.32 Å². The van der Waals surface area contributed by atoms with Crippen LogP contribution in [0.4, 0.5) is 5.69 Å². The number of carbonyl (C=O) groups is 1. The highest BCUT2D eigenvalue weighted by Gasteiger charge is 2.12. The number of rotatable bonds is 4. The minimum Gasteiger partial charge on any atom is -0.377 e. The van der Waals surface area contributed by atoms with Gasteiger partial charge in [0.25, 0.3) is 5.91 Å². The Kier molecular flexibility index (Phi) is 3.52. The molecule has 0 spiro atoms. The zero-order valence-corrected chi connectivity index (χ0v) is 9.34. The number of para-hydroxylation sites is 1. The second kappa shape index (κ2) is 5.27. The lowest BCUT2D eigenvalue weighted by molar-refractivity contribution is 0.101. The van der Waals surface area contributed by atoms with Crippen LogP contribution in [0.2, 0.25) is 0 Å². The van der Waals surface area contributed by atoms with E-state index in [-0.39, 0.29) is 11.6 Å². The smallest absolute Gasteiger partial charge is 0.277 e. The van der Waals surface area contributed by atoms with E-state index in [9.17, 15) is 4.79 Å². The minimum absolute atomic E-state index is 0.237. The first-order valence-electron chi connectivity index (χ1n) is 5.10. The van der Waals surface area contributed by atoms with E-state index in [4.69, 9.17) is 9.26 Å². The van der Waals surface area contributed by atoms with E-state index in [2.05, 4.69) is 10.5 Å². The molecule has 88 valence electrons. The van der Waals surface area contributed by atoms with E-state index in [1.807, 2.05) is 18.2 Å². The van der Waals surface area contributed by atoms with Gasteiger partial charge in [-0.2, -0.15) is 0 Å². The van der Waals surface area contributed by atoms with Gasteiger partial charge < -0.3 is 14.6 Å². The molecule has 1 heterocycles. The van der Waals surface area contributed by atoms with Gasteiger partial charge in [-0.15, -0.1) is 0 Å². The maximum absolute atomic E-state index is 11.8. The third-order valence-electron chi connectivity index (χ3n) is 2.11. The van der Waals surface area contributed by atoms with Crippen LogP contribution in [-0.4, -0.2) is 18.2 Å². The number of aromatic nitrogens is 1. The average molecular weight is 232 g/mol. The molecule has 0 saturated carbocycles. The quantitative estimate of drug-likeness (QED) is 0.876. The Morgan fingerprint density at radius 1 is 1.41 bits per heavy atom. The second-order valence-electron chi connectivity index (χ2n) is 3.43. The molecule has 0 radical (unpaired) electrons. The summed E-state index contributed by atoms with van der Waals surface area (Å²) in [5.74, 6) is 0.216. The first kappa shape index (κ1) is 11.3.